The Morgan fingerprint density at radius 1 is 1.28 bits per heavy atom. The summed E-state index contributed by atoms with van der Waals surface area (Å²) in [7, 11) is -3.18. The molecule has 2 aromatic rings. The van der Waals surface area contributed by atoms with Crippen LogP contribution in [0.15, 0.2) is 29.2 Å². The zero-order valence-electron chi connectivity index (χ0n) is 14.1. The number of amides is 1. The van der Waals surface area contributed by atoms with Crippen LogP contribution in [0.1, 0.15) is 17.0 Å². The van der Waals surface area contributed by atoms with Crippen LogP contribution in [0.3, 0.4) is 0 Å². The molecule has 1 N–H and O–H groups in total. The topological polar surface area (TPSA) is 92.3 Å². The van der Waals surface area contributed by atoms with Crippen LogP contribution in [0, 0.1) is 6.92 Å². The first kappa shape index (κ1) is 17.8. The van der Waals surface area contributed by atoms with Crippen LogP contribution in [0.25, 0.3) is 0 Å². The van der Waals surface area contributed by atoms with Crippen molar-refractivity contribution in [2.45, 2.75) is 30.7 Å². The second-order valence-electron chi connectivity index (χ2n) is 6.19. The number of nitrogens with one attached hydrogen (secondary N) is 1. The molecule has 134 valence electrons. The van der Waals surface area contributed by atoms with Gasteiger partial charge in [0.25, 0.3) is 0 Å². The van der Waals surface area contributed by atoms with E-state index in [1.54, 1.807) is 35.6 Å². The van der Waals surface area contributed by atoms with E-state index in [4.69, 9.17) is 0 Å². The van der Waals surface area contributed by atoms with Gasteiger partial charge < -0.3 is 10.2 Å². The molecule has 25 heavy (non-hydrogen) atoms. The van der Waals surface area contributed by atoms with E-state index in [2.05, 4.69) is 20.4 Å². The van der Waals surface area contributed by atoms with Gasteiger partial charge in [-0.2, -0.15) is 0 Å². The fourth-order valence-corrected chi connectivity index (χ4v) is 3.94. The van der Waals surface area contributed by atoms with Crippen molar-refractivity contribution in [3.63, 3.8) is 0 Å². The third kappa shape index (κ3) is 4.55. The van der Waals surface area contributed by atoms with Gasteiger partial charge in [0.15, 0.2) is 9.84 Å². The van der Waals surface area contributed by atoms with Gasteiger partial charge in [0.2, 0.25) is 11.0 Å². The number of anilines is 1. The first-order valence-electron chi connectivity index (χ1n) is 7.94. The molecule has 0 bridgehead atoms. The molecular weight excluding hydrogens is 360 g/mol. The second kappa shape index (κ2) is 7.09. The van der Waals surface area contributed by atoms with E-state index in [0.29, 0.717) is 17.7 Å². The van der Waals surface area contributed by atoms with Gasteiger partial charge in [0, 0.05) is 25.8 Å². The number of rotatable bonds is 6. The number of carbonyl (C=O) groups excluding carboxylic acids is 1. The lowest BCUT2D eigenvalue weighted by Crippen LogP contribution is -2.59. The third-order valence-electron chi connectivity index (χ3n) is 4.02. The maximum atomic E-state index is 12.0. The zero-order valence-corrected chi connectivity index (χ0v) is 15.7. The predicted molar refractivity (Wildman–Crippen MR) is 96.7 cm³/mol. The molecule has 1 saturated heterocycles. The molecule has 2 heterocycles. The summed E-state index contributed by atoms with van der Waals surface area (Å²) in [4.78, 5) is 14.4. The monoisotopic (exact) mass is 380 g/mol. The number of carbonyl (C=O) groups is 1. The smallest absolute Gasteiger partial charge is 0.220 e. The molecule has 1 aliphatic heterocycles. The zero-order chi connectivity index (χ0) is 18.0. The molecule has 0 aliphatic carbocycles. The van der Waals surface area contributed by atoms with Crippen molar-refractivity contribution in [2.75, 3.05) is 24.2 Å². The summed E-state index contributed by atoms with van der Waals surface area (Å²) in [5, 5.41) is 12.9. The molecule has 1 aromatic heterocycles. The molecule has 3 rings (SSSR count). The molecule has 0 spiro atoms. The van der Waals surface area contributed by atoms with E-state index in [0.717, 1.165) is 28.8 Å². The van der Waals surface area contributed by atoms with Crippen LogP contribution in [-0.2, 0) is 21.1 Å². The number of sulfone groups is 1. The minimum absolute atomic E-state index is 0.00489. The molecule has 0 atom stereocenters. The van der Waals surface area contributed by atoms with Gasteiger partial charge in [0.05, 0.1) is 10.9 Å². The Morgan fingerprint density at radius 2 is 1.96 bits per heavy atom. The summed E-state index contributed by atoms with van der Waals surface area (Å²) in [6, 6.07) is 6.82. The highest BCUT2D eigenvalue weighted by atomic mass is 32.2. The molecule has 1 aromatic carbocycles. The van der Waals surface area contributed by atoms with E-state index >= 15 is 0 Å². The van der Waals surface area contributed by atoms with Crippen molar-refractivity contribution < 1.29 is 13.2 Å². The van der Waals surface area contributed by atoms with Crippen molar-refractivity contribution >= 4 is 32.2 Å². The third-order valence-corrected chi connectivity index (χ3v) is 6.05. The second-order valence-corrected chi connectivity index (χ2v) is 9.37. The molecule has 0 radical (unpaired) electrons. The van der Waals surface area contributed by atoms with Gasteiger partial charge >= 0.3 is 0 Å². The van der Waals surface area contributed by atoms with E-state index in [1.807, 2.05) is 6.92 Å². The lowest BCUT2D eigenvalue weighted by molar-refractivity contribution is -0.121. The fraction of sp³-hybridized carbons (Fsp3) is 0.438. The summed E-state index contributed by atoms with van der Waals surface area (Å²) >= 11 is 1.55. The average molecular weight is 380 g/mol. The van der Waals surface area contributed by atoms with Gasteiger partial charge in [-0.05, 0) is 31.0 Å². The van der Waals surface area contributed by atoms with Gasteiger partial charge in [-0.3, -0.25) is 4.79 Å². The molecule has 1 aliphatic rings. The molecule has 9 heteroatoms. The Labute approximate surface area is 151 Å². The van der Waals surface area contributed by atoms with Gasteiger partial charge in [-0.15, -0.1) is 10.2 Å². The van der Waals surface area contributed by atoms with Crippen molar-refractivity contribution in [3.8, 4) is 0 Å². The van der Waals surface area contributed by atoms with Gasteiger partial charge in [0.1, 0.15) is 5.01 Å². The van der Waals surface area contributed by atoms with Crippen LogP contribution in [0.2, 0.25) is 0 Å². The van der Waals surface area contributed by atoms with Gasteiger partial charge in [-0.25, -0.2) is 8.42 Å². The lowest BCUT2D eigenvalue weighted by Gasteiger charge is -2.39. The van der Waals surface area contributed by atoms with Crippen LogP contribution < -0.4 is 10.2 Å². The molecule has 1 amide bonds. The maximum absolute atomic E-state index is 12.0. The standard InChI is InChI=1S/C16H20N4O3S2/c1-11-18-19-16(24-11)20-9-13(10-20)17-15(21)8-5-12-3-6-14(7-4-12)25(2,22)23/h3-4,6-7,13H,5,8-10H2,1-2H3,(H,17,21). The molecule has 7 nitrogen and oxygen atoms in total. The van der Waals surface area contributed by atoms with E-state index in [1.165, 1.54) is 6.26 Å². The predicted octanol–water partition coefficient (Wildman–Crippen LogP) is 1.19. The summed E-state index contributed by atoms with van der Waals surface area (Å²) in [6.45, 7) is 3.43. The van der Waals surface area contributed by atoms with Gasteiger partial charge in [-0.1, -0.05) is 23.5 Å². The number of hydrogen-bond donors (Lipinski definition) is 1. The molecule has 1 fully saturated rings. The van der Waals surface area contributed by atoms with Crippen LogP contribution in [0.4, 0.5) is 5.13 Å². The Hall–Kier alpha value is -2.00. The highest BCUT2D eigenvalue weighted by Gasteiger charge is 2.30. The number of aromatic nitrogens is 2. The fourth-order valence-electron chi connectivity index (χ4n) is 2.60. The quantitative estimate of drug-likeness (QED) is 0.809. The Balaban J connectivity index is 1.42. The lowest BCUT2D eigenvalue weighted by atomic mass is 10.1. The Kier molecular flexibility index (Phi) is 5.05. The van der Waals surface area contributed by atoms with E-state index in [-0.39, 0.29) is 11.9 Å². The maximum Gasteiger partial charge on any atom is 0.220 e. The van der Waals surface area contributed by atoms with Crippen LogP contribution >= 0.6 is 11.3 Å². The van der Waals surface area contributed by atoms with Crippen molar-refractivity contribution in [1.82, 2.24) is 15.5 Å². The van der Waals surface area contributed by atoms with Crippen molar-refractivity contribution in [3.05, 3.63) is 34.8 Å². The minimum atomic E-state index is -3.18. The molecular formula is C16H20N4O3S2. The Morgan fingerprint density at radius 3 is 2.52 bits per heavy atom. The summed E-state index contributed by atoms with van der Waals surface area (Å²) < 4.78 is 22.9. The summed E-state index contributed by atoms with van der Waals surface area (Å²) in [5.41, 5.74) is 0.946. The largest absolute Gasteiger partial charge is 0.350 e. The number of aryl methyl sites for hydroxylation is 2. The first-order valence-corrected chi connectivity index (χ1v) is 10.7. The summed E-state index contributed by atoms with van der Waals surface area (Å²) in [5.74, 6) is 0.00489. The summed E-state index contributed by atoms with van der Waals surface area (Å²) in [6.07, 6.45) is 2.15. The highest BCUT2D eigenvalue weighted by molar-refractivity contribution is 7.90. The number of benzene rings is 1. The van der Waals surface area contributed by atoms with E-state index < -0.39 is 9.84 Å². The highest BCUT2D eigenvalue weighted by Crippen LogP contribution is 2.24. The van der Waals surface area contributed by atoms with Crippen molar-refractivity contribution in [2.24, 2.45) is 0 Å². The number of hydrogen-bond acceptors (Lipinski definition) is 7. The van der Waals surface area contributed by atoms with Crippen LogP contribution in [0.5, 0.6) is 0 Å². The van der Waals surface area contributed by atoms with Crippen molar-refractivity contribution in [1.29, 1.82) is 0 Å². The van der Waals surface area contributed by atoms with E-state index in [9.17, 15) is 13.2 Å². The molecule has 0 unspecified atom stereocenters. The van der Waals surface area contributed by atoms with Crippen LogP contribution in [-0.4, -0.2) is 49.9 Å². The minimum Gasteiger partial charge on any atom is -0.350 e. The number of nitrogens with zero attached hydrogens (tertiary/aromatic N) is 3. The Bertz CT molecular complexity index is 856. The first-order chi connectivity index (χ1) is 11.8. The molecule has 0 saturated carbocycles. The normalized spacial score (nSPS) is 15.0. The SMILES string of the molecule is Cc1nnc(N2CC(NC(=O)CCc3ccc(S(C)(=O)=O)cc3)C2)s1. The average Bonchev–Trinajstić information content (AvgIpc) is 2.94.